The molecule has 0 aliphatic carbocycles. The van der Waals surface area contributed by atoms with E-state index >= 15 is 0 Å². The van der Waals surface area contributed by atoms with Gasteiger partial charge in [0.1, 0.15) is 5.82 Å². The average molecular weight is 384 g/mol. The van der Waals surface area contributed by atoms with E-state index in [2.05, 4.69) is 20.7 Å². The highest BCUT2D eigenvalue weighted by molar-refractivity contribution is 7.14. The number of hydrogen-bond donors (Lipinski definition) is 2. The quantitative estimate of drug-likeness (QED) is 0.726. The van der Waals surface area contributed by atoms with Crippen molar-refractivity contribution in [1.29, 1.82) is 0 Å². The van der Waals surface area contributed by atoms with Gasteiger partial charge in [0.2, 0.25) is 0 Å². The Morgan fingerprint density at radius 2 is 2.15 bits per heavy atom. The fourth-order valence-electron chi connectivity index (χ4n) is 3.38. The maximum absolute atomic E-state index is 12.9. The van der Waals surface area contributed by atoms with Crippen LogP contribution in [0.25, 0.3) is 5.65 Å². The summed E-state index contributed by atoms with van der Waals surface area (Å²) in [4.78, 5) is 32.6. The first-order valence-electron chi connectivity index (χ1n) is 8.78. The lowest BCUT2D eigenvalue weighted by Gasteiger charge is -2.24. The lowest BCUT2D eigenvalue weighted by molar-refractivity contribution is 0.0967. The van der Waals surface area contributed by atoms with E-state index in [9.17, 15) is 9.59 Å². The van der Waals surface area contributed by atoms with Crippen molar-refractivity contribution in [3.63, 3.8) is 0 Å². The monoisotopic (exact) mass is 384 g/mol. The summed E-state index contributed by atoms with van der Waals surface area (Å²) < 4.78 is 1.65. The molecule has 4 rings (SSSR count). The van der Waals surface area contributed by atoms with Gasteiger partial charge in [-0.2, -0.15) is 5.10 Å². The van der Waals surface area contributed by atoms with Gasteiger partial charge in [-0.15, -0.1) is 11.3 Å². The largest absolute Gasteiger partial charge is 0.354 e. The molecule has 0 unspecified atom stereocenters. The summed E-state index contributed by atoms with van der Waals surface area (Å²) in [6, 6.07) is 7.21. The number of likely N-dealkylation sites (tertiary alicyclic amines) is 1. The molecule has 0 bridgehead atoms. The molecular formula is C18H20N6O2S. The molecule has 0 radical (unpaired) electrons. The van der Waals surface area contributed by atoms with Crippen LogP contribution in [0.2, 0.25) is 0 Å². The van der Waals surface area contributed by atoms with E-state index in [1.54, 1.807) is 17.8 Å². The van der Waals surface area contributed by atoms with E-state index in [-0.39, 0.29) is 18.0 Å². The highest BCUT2D eigenvalue weighted by Gasteiger charge is 2.31. The van der Waals surface area contributed by atoms with Crippen LogP contribution in [0.4, 0.5) is 10.5 Å². The summed E-state index contributed by atoms with van der Waals surface area (Å²) in [5, 5.41) is 9.88. The normalized spacial score (nSPS) is 16.7. The number of anilines is 1. The van der Waals surface area contributed by atoms with Crippen molar-refractivity contribution in [3.05, 3.63) is 46.0 Å². The van der Waals surface area contributed by atoms with E-state index in [4.69, 9.17) is 0 Å². The maximum Gasteiger partial charge on any atom is 0.322 e. The number of nitrogens with zero attached hydrogens (tertiary/aromatic N) is 4. The molecule has 4 heterocycles. The minimum absolute atomic E-state index is 0.0206. The second-order valence-corrected chi connectivity index (χ2v) is 7.53. The number of hydrogen-bond acceptors (Lipinski definition) is 5. The molecule has 0 spiro atoms. The highest BCUT2D eigenvalue weighted by Crippen LogP contribution is 2.36. The number of nitrogens with one attached hydrogen (secondary N) is 2. The molecule has 2 N–H and O–H groups in total. The number of carbonyl (C=O) groups is 2. The van der Waals surface area contributed by atoms with E-state index in [0.29, 0.717) is 28.6 Å². The molecule has 1 atom stereocenters. The van der Waals surface area contributed by atoms with E-state index in [1.807, 2.05) is 36.1 Å². The van der Waals surface area contributed by atoms with Gasteiger partial charge in [0.15, 0.2) is 5.65 Å². The maximum atomic E-state index is 12.9. The predicted molar refractivity (Wildman–Crippen MR) is 103 cm³/mol. The first kappa shape index (κ1) is 17.5. The van der Waals surface area contributed by atoms with Gasteiger partial charge >= 0.3 is 6.03 Å². The molecule has 27 heavy (non-hydrogen) atoms. The standard InChI is InChI=1S/C18H20N6O2S/c1-11-20-16-12(5-3-10-24(16)22-11)21-18(26)23-9-4-6-13(23)14-7-8-15(27-14)17(25)19-2/h3,5,7-8,10,13H,4,6,9H2,1-2H3,(H,19,25)(H,21,26)/t13-/m0/s1. The second-order valence-electron chi connectivity index (χ2n) is 6.41. The molecule has 140 valence electrons. The zero-order valence-corrected chi connectivity index (χ0v) is 15.9. The summed E-state index contributed by atoms with van der Waals surface area (Å²) in [5.41, 5.74) is 1.25. The van der Waals surface area contributed by atoms with Crippen LogP contribution in [0.3, 0.4) is 0 Å². The van der Waals surface area contributed by atoms with Crippen LogP contribution in [-0.4, -0.2) is 45.0 Å². The van der Waals surface area contributed by atoms with Crippen molar-refractivity contribution in [1.82, 2.24) is 24.8 Å². The lowest BCUT2D eigenvalue weighted by atomic mass is 10.2. The minimum Gasteiger partial charge on any atom is -0.354 e. The Morgan fingerprint density at radius 1 is 1.30 bits per heavy atom. The van der Waals surface area contributed by atoms with Crippen LogP contribution in [0, 0.1) is 6.92 Å². The number of carbonyl (C=O) groups excluding carboxylic acids is 2. The van der Waals surface area contributed by atoms with Crippen molar-refractivity contribution in [2.24, 2.45) is 0 Å². The SMILES string of the molecule is CNC(=O)c1ccc([C@@H]2CCCN2C(=O)Nc2cccn3nc(C)nc23)s1. The van der Waals surface area contributed by atoms with E-state index in [0.717, 1.165) is 17.7 Å². The average Bonchev–Trinajstić information content (AvgIpc) is 3.38. The van der Waals surface area contributed by atoms with Crippen molar-refractivity contribution in [2.75, 3.05) is 18.9 Å². The number of amides is 3. The van der Waals surface area contributed by atoms with Crippen molar-refractivity contribution in [3.8, 4) is 0 Å². The molecular weight excluding hydrogens is 364 g/mol. The lowest BCUT2D eigenvalue weighted by Crippen LogP contribution is -2.34. The fourth-order valence-corrected chi connectivity index (χ4v) is 4.48. The summed E-state index contributed by atoms with van der Waals surface area (Å²) >= 11 is 1.44. The summed E-state index contributed by atoms with van der Waals surface area (Å²) in [6.45, 7) is 2.49. The van der Waals surface area contributed by atoms with Crippen LogP contribution in [0.1, 0.15) is 39.3 Å². The van der Waals surface area contributed by atoms with E-state index in [1.165, 1.54) is 11.3 Å². The minimum atomic E-state index is -0.166. The van der Waals surface area contributed by atoms with Gasteiger partial charge < -0.3 is 15.5 Å². The molecule has 1 aliphatic rings. The van der Waals surface area contributed by atoms with Gasteiger partial charge in [-0.25, -0.2) is 14.3 Å². The molecule has 0 aromatic carbocycles. The zero-order valence-electron chi connectivity index (χ0n) is 15.1. The summed E-state index contributed by atoms with van der Waals surface area (Å²) in [6.07, 6.45) is 3.62. The molecule has 0 saturated carbocycles. The number of aryl methyl sites for hydroxylation is 1. The van der Waals surface area contributed by atoms with Crippen molar-refractivity contribution < 1.29 is 9.59 Å². The third-order valence-corrected chi connectivity index (χ3v) is 5.81. The van der Waals surface area contributed by atoms with Crippen molar-refractivity contribution in [2.45, 2.75) is 25.8 Å². The van der Waals surface area contributed by atoms with Crippen molar-refractivity contribution >= 4 is 34.6 Å². The van der Waals surface area contributed by atoms with Crippen LogP contribution < -0.4 is 10.6 Å². The van der Waals surface area contributed by atoms with Crippen LogP contribution in [-0.2, 0) is 0 Å². The topological polar surface area (TPSA) is 91.6 Å². The molecule has 3 amide bonds. The first-order valence-corrected chi connectivity index (χ1v) is 9.60. The Morgan fingerprint density at radius 3 is 2.96 bits per heavy atom. The molecule has 1 aliphatic heterocycles. The van der Waals surface area contributed by atoms with Crippen LogP contribution in [0.15, 0.2) is 30.5 Å². The summed E-state index contributed by atoms with van der Waals surface area (Å²) in [5.74, 6) is 0.546. The Labute approximate surface area is 160 Å². The van der Waals surface area contributed by atoms with Gasteiger partial charge in [0, 0.05) is 24.7 Å². The number of rotatable bonds is 3. The number of fused-ring (bicyclic) bond motifs is 1. The van der Waals surface area contributed by atoms with Crippen LogP contribution in [0.5, 0.6) is 0 Å². The zero-order chi connectivity index (χ0) is 19.0. The first-order chi connectivity index (χ1) is 13.1. The predicted octanol–water partition coefficient (Wildman–Crippen LogP) is 2.83. The van der Waals surface area contributed by atoms with Gasteiger partial charge in [0.05, 0.1) is 16.6 Å². The van der Waals surface area contributed by atoms with Crippen LogP contribution >= 0.6 is 11.3 Å². The second kappa shape index (κ2) is 6.99. The number of aromatic nitrogens is 3. The number of urea groups is 1. The van der Waals surface area contributed by atoms with Gasteiger partial charge in [-0.3, -0.25) is 4.79 Å². The highest BCUT2D eigenvalue weighted by atomic mass is 32.1. The van der Waals surface area contributed by atoms with Gasteiger partial charge in [0.25, 0.3) is 5.91 Å². The third kappa shape index (κ3) is 3.25. The number of pyridine rings is 1. The molecule has 1 saturated heterocycles. The molecule has 9 heteroatoms. The molecule has 1 fully saturated rings. The summed E-state index contributed by atoms with van der Waals surface area (Å²) in [7, 11) is 1.61. The smallest absolute Gasteiger partial charge is 0.322 e. The van der Waals surface area contributed by atoms with Gasteiger partial charge in [-0.05, 0) is 44.0 Å². The third-order valence-electron chi connectivity index (χ3n) is 4.63. The fraction of sp³-hybridized carbons (Fsp3) is 0.333. The molecule has 3 aromatic heterocycles. The Balaban J connectivity index is 1.55. The molecule has 3 aromatic rings. The Bertz CT molecular complexity index is 1010. The van der Waals surface area contributed by atoms with Gasteiger partial charge in [-0.1, -0.05) is 0 Å². The Kier molecular flexibility index (Phi) is 4.53. The Hall–Kier alpha value is -2.94. The molecule has 8 nitrogen and oxygen atoms in total. The van der Waals surface area contributed by atoms with E-state index < -0.39 is 0 Å². The number of thiophene rings is 1.